The second kappa shape index (κ2) is 6.78. The first-order valence-electron chi connectivity index (χ1n) is 7.14. The predicted molar refractivity (Wildman–Crippen MR) is 76.5 cm³/mol. The molecule has 21 heavy (non-hydrogen) atoms. The van der Waals surface area contributed by atoms with Gasteiger partial charge in [-0.1, -0.05) is 12.1 Å². The molecule has 116 valence electrons. The maximum absolute atomic E-state index is 11.6. The topological polar surface area (TPSA) is 90.2 Å². The SMILES string of the molecule is CCOc1cccc(C(C(=O)O)N2CCC(O)CC2)c1O. The van der Waals surface area contributed by atoms with E-state index in [1.807, 2.05) is 0 Å². The van der Waals surface area contributed by atoms with E-state index in [0.29, 0.717) is 43.9 Å². The van der Waals surface area contributed by atoms with Crippen LogP contribution in [0.3, 0.4) is 0 Å². The highest BCUT2D eigenvalue weighted by Gasteiger charge is 2.33. The molecule has 1 atom stereocenters. The molecule has 0 bridgehead atoms. The van der Waals surface area contributed by atoms with Gasteiger partial charge in [-0.3, -0.25) is 9.69 Å². The number of phenolic OH excluding ortho intramolecular Hbond substituents is 1. The molecule has 3 N–H and O–H groups in total. The van der Waals surface area contributed by atoms with E-state index < -0.39 is 12.0 Å². The molecule has 6 heteroatoms. The number of aliphatic hydroxyl groups is 1. The fraction of sp³-hybridized carbons (Fsp3) is 0.533. The minimum atomic E-state index is -1.02. The number of carbonyl (C=O) groups is 1. The monoisotopic (exact) mass is 295 g/mol. The molecule has 0 radical (unpaired) electrons. The summed E-state index contributed by atoms with van der Waals surface area (Å²) in [6.45, 7) is 3.16. The van der Waals surface area contributed by atoms with Gasteiger partial charge >= 0.3 is 5.97 Å². The Morgan fingerprint density at radius 2 is 2.10 bits per heavy atom. The Hall–Kier alpha value is -1.79. The van der Waals surface area contributed by atoms with Gasteiger partial charge in [0.05, 0.1) is 12.7 Å². The summed E-state index contributed by atoms with van der Waals surface area (Å²) in [5, 5.41) is 29.3. The quantitative estimate of drug-likeness (QED) is 0.760. The minimum Gasteiger partial charge on any atom is -0.504 e. The molecule has 6 nitrogen and oxygen atoms in total. The Balaban J connectivity index is 2.30. The van der Waals surface area contributed by atoms with E-state index in [9.17, 15) is 20.1 Å². The maximum atomic E-state index is 11.6. The first-order valence-corrected chi connectivity index (χ1v) is 7.14. The molecule has 2 rings (SSSR count). The van der Waals surface area contributed by atoms with Crippen molar-refractivity contribution in [2.45, 2.75) is 31.9 Å². The van der Waals surface area contributed by atoms with Crippen LogP contribution >= 0.6 is 0 Å². The average Bonchev–Trinajstić information content (AvgIpc) is 2.45. The fourth-order valence-corrected chi connectivity index (χ4v) is 2.66. The van der Waals surface area contributed by atoms with Crippen LogP contribution < -0.4 is 4.74 Å². The zero-order valence-electron chi connectivity index (χ0n) is 12.0. The third kappa shape index (κ3) is 3.46. The van der Waals surface area contributed by atoms with Crippen molar-refractivity contribution in [1.29, 1.82) is 0 Å². The lowest BCUT2D eigenvalue weighted by molar-refractivity contribution is -0.144. The normalized spacial score (nSPS) is 18.4. The standard InChI is InChI=1S/C15H21NO5/c1-2-21-12-5-3-4-11(14(12)18)13(15(19)20)16-8-6-10(17)7-9-16/h3-5,10,13,17-18H,2,6-9H2,1H3,(H,19,20). The number of nitrogens with zero attached hydrogens (tertiary/aromatic N) is 1. The van der Waals surface area contributed by atoms with Crippen LogP contribution in [0.1, 0.15) is 31.4 Å². The van der Waals surface area contributed by atoms with E-state index in [4.69, 9.17) is 4.74 Å². The second-order valence-electron chi connectivity index (χ2n) is 5.13. The van der Waals surface area contributed by atoms with E-state index >= 15 is 0 Å². The number of hydrogen-bond acceptors (Lipinski definition) is 5. The second-order valence-corrected chi connectivity index (χ2v) is 5.13. The summed E-state index contributed by atoms with van der Waals surface area (Å²) in [6, 6.07) is 3.95. The van der Waals surface area contributed by atoms with Crippen molar-refractivity contribution >= 4 is 5.97 Å². The lowest BCUT2D eigenvalue weighted by Crippen LogP contribution is -2.41. The molecular formula is C15H21NO5. The minimum absolute atomic E-state index is 0.127. The third-order valence-corrected chi connectivity index (χ3v) is 3.72. The van der Waals surface area contributed by atoms with E-state index in [1.54, 1.807) is 30.0 Å². The van der Waals surface area contributed by atoms with E-state index in [0.717, 1.165) is 0 Å². The highest BCUT2D eigenvalue weighted by molar-refractivity contribution is 5.77. The van der Waals surface area contributed by atoms with Crippen LogP contribution in [-0.4, -0.2) is 52.0 Å². The van der Waals surface area contributed by atoms with E-state index in [2.05, 4.69) is 0 Å². The molecule has 0 spiro atoms. The van der Waals surface area contributed by atoms with Crippen molar-refractivity contribution in [2.75, 3.05) is 19.7 Å². The predicted octanol–water partition coefficient (Wildman–Crippen LogP) is 1.37. The number of carboxylic acid groups (broad SMARTS) is 1. The number of hydrogen-bond donors (Lipinski definition) is 3. The van der Waals surface area contributed by atoms with E-state index in [1.165, 1.54) is 0 Å². The van der Waals surface area contributed by atoms with Crippen LogP contribution in [0.5, 0.6) is 11.5 Å². The molecule has 1 aliphatic rings. The summed E-state index contributed by atoms with van der Waals surface area (Å²) in [5.41, 5.74) is 0.324. The van der Waals surface area contributed by atoms with Crippen molar-refractivity contribution < 1.29 is 24.9 Å². The van der Waals surface area contributed by atoms with Gasteiger partial charge in [-0.05, 0) is 25.8 Å². The van der Waals surface area contributed by atoms with Gasteiger partial charge in [-0.2, -0.15) is 0 Å². The maximum Gasteiger partial charge on any atom is 0.325 e. The molecule has 0 amide bonds. The number of likely N-dealkylation sites (tertiary alicyclic amines) is 1. The first kappa shape index (κ1) is 15.6. The van der Waals surface area contributed by atoms with Gasteiger partial charge in [0.2, 0.25) is 0 Å². The molecule has 1 saturated heterocycles. The number of phenols is 1. The first-order chi connectivity index (χ1) is 10.0. The fourth-order valence-electron chi connectivity index (χ4n) is 2.66. The van der Waals surface area contributed by atoms with Crippen molar-refractivity contribution in [3.63, 3.8) is 0 Å². The number of piperidine rings is 1. The van der Waals surface area contributed by atoms with Crippen LogP contribution in [-0.2, 0) is 4.79 Å². The number of ether oxygens (including phenoxy) is 1. The Kier molecular flexibility index (Phi) is 5.03. The Morgan fingerprint density at radius 1 is 1.43 bits per heavy atom. The molecule has 0 saturated carbocycles. The van der Waals surface area contributed by atoms with Gasteiger partial charge in [0, 0.05) is 18.7 Å². The lowest BCUT2D eigenvalue weighted by Gasteiger charge is -2.34. The molecule has 0 aromatic heterocycles. The van der Waals surface area contributed by atoms with Crippen LogP contribution in [0, 0.1) is 0 Å². The number of aromatic hydroxyl groups is 1. The molecular weight excluding hydrogens is 274 g/mol. The van der Waals surface area contributed by atoms with Crippen molar-refractivity contribution in [1.82, 2.24) is 4.90 Å². The van der Waals surface area contributed by atoms with Gasteiger partial charge in [0.1, 0.15) is 6.04 Å². The molecule has 1 aromatic rings. The van der Waals surface area contributed by atoms with Crippen LogP contribution in [0.4, 0.5) is 0 Å². The highest BCUT2D eigenvalue weighted by atomic mass is 16.5. The molecule has 0 aliphatic carbocycles. The Labute approximate surface area is 123 Å². The van der Waals surface area contributed by atoms with Crippen molar-refractivity contribution in [3.05, 3.63) is 23.8 Å². The molecule has 1 unspecified atom stereocenters. The molecule has 1 aliphatic heterocycles. The van der Waals surface area contributed by atoms with E-state index in [-0.39, 0.29) is 11.9 Å². The van der Waals surface area contributed by atoms with Gasteiger partial charge in [0.15, 0.2) is 11.5 Å². The summed E-state index contributed by atoms with van der Waals surface area (Å²) in [4.78, 5) is 13.4. The molecule has 1 heterocycles. The zero-order chi connectivity index (χ0) is 15.4. The van der Waals surface area contributed by atoms with Crippen molar-refractivity contribution in [3.8, 4) is 11.5 Å². The number of aliphatic carboxylic acids is 1. The lowest BCUT2D eigenvalue weighted by atomic mass is 9.99. The summed E-state index contributed by atoms with van der Waals surface area (Å²) in [6.07, 6.45) is 0.699. The van der Waals surface area contributed by atoms with Crippen LogP contribution in [0.25, 0.3) is 0 Å². The Morgan fingerprint density at radius 3 is 2.67 bits per heavy atom. The molecule has 1 fully saturated rings. The van der Waals surface area contributed by atoms with Crippen molar-refractivity contribution in [2.24, 2.45) is 0 Å². The number of aliphatic hydroxyl groups excluding tert-OH is 1. The summed E-state index contributed by atoms with van der Waals surface area (Å²) < 4.78 is 5.31. The van der Waals surface area contributed by atoms with Crippen LogP contribution in [0.15, 0.2) is 18.2 Å². The van der Waals surface area contributed by atoms with Gasteiger partial charge in [-0.15, -0.1) is 0 Å². The van der Waals surface area contributed by atoms with Gasteiger partial charge in [0.25, 0.3) is 0 Å². The summed E-state index contributed by atoms with van der Waals surface area (Å²) in [5.74, 6) is -0.855. The molecule has 1 aromatic carbocycles. The van der Waals surface area contributed by atoms with Gasteiger partial charge in [-0.25, -0.2) is 0 Å². The smallest absolute Gasteiger partial charge is 0.325 e. The average molecular weight is 295 g/mol. The number of benzene rings is 1. The third-order valence-electron chi connectivity index (χ3n) is 3.72. The Bertz CT molecular complexity index is 497. The highest BCUT2D eigenvalue weighted by Crippen LogP contribution is 2.37. The largest absolute Gasteiger partial charge is 0.504 e. The zero-order valence-corrected chi connectivity index (χ0v) is 12.0. The van der Waals surface area contributed by atoms with Gasteiger partial charge < -0.3 is 20.1 Å². The summed E-state index contributed by atoms with van der Waals surface area (Å²) >= 11 is 0. The number of para-hydroxylation sites is 1. The summed E-state index contributed by atoms with van der Waals surface area (Å²) in [7, 11) is 0. The number of rotatable bonds is 5. The van der Waals surface area contributed by atoms with Crippen LogP contribution in [0.2, 0.25) is 0 Å². The number of carboxylic acids is 1.